The lowest BCUT2D eigenvalue weighted by atomic mass is 10.4. The lowest BCUT2D eigenvalue weighted by Crippen LogP contribution is -2.26. The lowest BCUT2D eigenvalue weighted by Gasteiger charge is -2.09. The molecule has 0 saturated heterocycles. The third-order valence-corrected chi connectivity index (χ3v) is 1.45. The quantitative estimate of drug-likeness (QED) is 0.457. The van der Waals surface area contributed by atoms with E-state index >= 15 is 0 Å². The molecule has 0 saturated carbocycles. The standard InChI is InChI=1S/C8H11ClN4/c1-6(10)2-3-11-7-4-8(9)13-12-5-7/h2-5,12-13H,10H2,1H3. The van der Waals surface area contributed by atoms with E-state index in [1.54, 1.807) is 31.5 Å². The Morgan fingerprint density at radius 2 is 2.46 bits per heavy atom. The molecule has 5 heteroatoms. The van der Waals surface area contributed by atoms with Gasteiger partial charge in [-0.2, -0.15) is 0 Å². The van der Waals surface area contributed by atoms with Gasteiger partial charge >= 0.3 is 0 Å². The van der Waals surface area contributed by atoms with Crippen LogP contribution in [0.25, 0.3) is 0 Å². The summed E-state index contributed by atoms with van der Waals surface area (Å²) in [5.41, 5.74) is 12.3. The fourth-order valence-corrected chi connectivity index (χ4v) is 0.868. The number of hydrazine groups is 1. The Morgan fingerprint density at radius 1 is 1.69 bits per heavy atom. The van der Waals surface area contributed by atoms with Crippen LogP contribution in [0.2, 0.25) is 0 Å². The van der Waals surface area contributed by atoms with Gasteiger partial charge in [0.2, 0.25) is 0 Å². The van der Waals surface area contributed by atoms with Crippen LogP contribution in [0.1, 0.15) is 6.92 Å². The molecule has 13 heavy (non-hydrogen) atoms. The zero-order valence-electron chi connectivity index (χ0n) is 7.21. The van der Waals surface area contributed by atoms with Crippen LogP contribution in [0.4, 0.5) is 0 Å². The highest BCUT2D eigenvalue weighted by Crippen LogP contribution is 2.07. The van der Waals surface area contributed by atoms with Crippen LogP contribution in [-0.4, -0.2) is 6.21 Å². The molecule has 70 valence electrons. The number of halogens is 1. The number of nitrogens with two attached hydrogens (primary N) is 1. The highest BCUT2D eigenvalue weighted by atomic mass is 35.5. The monoisotopic (exact) mass is 198 g/mol. The van der Waals surface area contributed by atoms with Crippen molar-refractivity contribution in [2.24, 2.45) is 10.7 Å². The van der Waals surface area contributed by atoms with Crippen molar-refractivity contribution in [3.05, 3.63) is 34.9 Å². The van der Waals surface area contributed by atoms with Crippen LogP contribution < -0.4 is 16.6 Å². The number of hydrogen-bond acceptors (Lipinski definition) is 4. The first-order valence-electron chi connectivity index (χ1n) is 3.74. The third-order valence-electron chi connectivity index (χ3n) is 1.25. The largest absolute Gasteiger partial charge is 0.402 e. The van der Waals surface area contributed by atoms with Gasteiger partial charge in [-0.25, -0.2) is 0 Å². The molecule has 1 aliphatic heterocycles. The molecule has 0 amide bonds. The van der Waals surface area contributed by atoms with E-state index in [1.165, 1.54) is 0 Å². The first kappa shape index (κ1) is 9.67. The van der Waals surface area contributed by atoms with Gasteiger partial charge in [0.25, 0.3) is 0 Å². The molecule has 1 rings (SSSR count). The molecule has 0 aliphatic carbocycles. The molecule has 0 spiro atoms. The minimum Gasteiger partial charge on any atom is -0.402 e. The molecule has 4 N–H and O–H groups in total. The summed E-state index contributed by atoms with van der Waals surface area (Å²) in [4.78, 5) is 4.09. The number of nitrogens with one attached hydrogen (secondary N) is 2. The molecular formula is C8H11ClN4. The smallest absolute Gasteiger partial charge is 0.122 e. The minimum atomic E-state index is 0.503. The normalized spacial score (nSPS) is 17.5. The first-order chi connectivity index (χ1) is 6.18. The molecule has 0 unspecified atom stereocenters. The van der Waals surface area contributed by atoms with Crippen LogP contribution in [0, 0.1) is 0 Å². The van der Waals surface area contributed by atoms with Crippen molar-refractivity contribution in [3.8, 4) is 0 Å². The van der Waals surface area contributed by atoms with Crippen molar-refractivity contribution >= 4 is 17.8 Å². The van der Waals surface area contributed by atoms with E-state index in [2.05, 4.69) is 15.8 Å². The van der Waals surface area contributed by atoms with Gasteiger partial charge in [-0.15, -0.1) is 0 Å². The Labute approximate surface area is 81.8 Å². The second-order valence-electron chi connectivity index (χ2n) is 2.52. The van der Waals surface area contributed by atoms with Crippen molar-refractivity contribution in [3.63, 3.8) is 0 Å². The van der Waals surface area contributed by atoms with Crippen molar-refractivity contribution in [2.45, 2.75) is 6.92 Å². The lowest BCUT2D eigenvalue weighted by molar-refractivity contribution is 0.743. The van der Waals surface area contributed by atoms with Gasteiger partial charge < -0.3 is 11.2 Å². The van der Waals surface area contributed by atoms with Crippen LogP contribution in [0.5, 0.6) is 0 Å². The minimum absolute atomic E-state index is 0.503. The Bertz CT molecular complexity index is 297. The van der Waals surface area contributed by atoms with Gasteiger partial charge in [-0.05, 0) is 13.0 Å². The van der Waals surface area contributed by atoms with Gasteiger partial charge in [0.1, 0.15) is 5.16 Å². The van der Waals surface area contributed by atoms with Crippen LogP contribution >= 0.6 is 11.6 Å². The fraction of sp³-hybridized carbons (Fsp3) is 0.125. The van der Waals surface area contributed by atoms with E-state index in [0.29, 0.717) is 10.9 Å². The Balaban J connectivity index is 2.60. The summed E-state index contributed by atoms with van der Waals surface area (Å²) in [6.45, 7) is 1.80. The molecule has 1 heterocycles. The third kappa shape index (κ3) is 3.66. The molecular weight excluding hydrogens is 188 g/mol. The number of hydrogen-bond donors (Lipinski definition) is 3. The number of allylic oxidation sites excluding steroid dienone is 3. The summed E-state index contributed by atoms with van der Waals surface area (Å²) in [5, 5.41) is 0.503. The van der Waals surface area contributed by atoms with Crippen LogP contribution in [-0.2, 0) is 0 Å². The first-order valence-corrected chi connectivity index (χ1v) is 4.11. The summed E-state index contributed by atoms with van der Waals surface area (Å²) in [6.07, 6.45) is 6.73. The zero-order valence-corrected chi connectivity index (χ0v) is 7.97. The molecule has 0 bridgehead atoms. The second-order valence-corrected chi connectivity index (χ2v) is 2.93. The molecule has 0 atom stereocenters. The maximum absolute atomic E-state index is 5.69. The predicted molar refractivity (Wildman–Crippen MR) is 54.7 cm³/mol. The summed E-state index contributed by atoms with van der Waals surface area (Å²) in [7, 11) is 0. The Kier molecular flexibility index (Phi) is 3.40. The van der Waals surface area contributed by atoms with Gasteiger partial charge in [0.15, 0.2) is 0 Å². The van der Waals surface area contributed by atoms with Crippen LogP contribution in [0.15, 0.2) is 39.9 Å². The number of nitrogens with zero attached hydrogens (tertiary/aromatic N) is 1. The molecule has 0 fully saturated rings. The van der Waals surface area contributed by atoms with Crippen molar-refractivity contribution in [1.29, 1.82) is 0 Å². The van der Waals surface area contributed by atoms with Gasteiger partial charge in [-0.1, -0.05) is 11.6 Å². The zero-order chi connectivity index (χ0) is 9.68. The SMILES string of the molecule is CC(N)=CC=NC1=CNNC(Cl)=C1. The molecule has 0 aromatic rings. The topological polar surface area (TPSA) is 62.4 Å². The van der Waals surface area contributed by atoms with Gasteiger partial charge in [0.05, 0.1) is 5.70 Å². The van der Waals surface area contributed by atoms with E-state index in [0.717, 1.165) is 5.70 Å². The summed E-state index contributed by atoms with van der Waals surface area (Å²) < 4.78 is 0. The van der Waals surface area contributed by atoms with E-state index in [9.17, 15) is 0 Å². The van der Waals surface area contributed by atoms with Gasteiger partial charge in [-0.3, -0.25) is 10.4 Å². The maximum Gasteiger partial charge on any atom is 0.122 e. The maximum atomic E-state index is 5.69. The fourth-order valence-electron chi connectivity index (χ4n) is 0.702. The predicted octanol–water partition coefficient (Wildman–Crippen LogP) is 0.949. The second kappa shape index (κ2) is 4.57. The number of aliphatic imine (C=N–C) groups is 1. The molecule has 0 radical (unpaired) electrons. The van der Waals surface area contributed by atoms with E-state index < -0.39 is 0 Å². The average Bonchev–Trinajstić information content (AvgIpc) is 2.03. The van der Waals surface area contributed by atoms with Crippen LogP contribution in [0.3, 0.4) is 0 Å². The summed E-state index contributed by atoms with van der Waals surface area (Å²) >= 11 is 5.69. The van der Waals surface area contributed by atoms with Gasteiger partial charge in [0, 0.05) is 24.2 Å². The highest BCUT2D eigenvalue weighted by Gasteiger charge is 1.97. The van der Waals surface area contributed by atoms with Crippen molar-refractivity contribution in [1.82, 2.24) is 10.9 Å². The Hall–Kier alpha value is -1.42. The van der Waals surface area contributed by atoms with E-state index in [1.807, 2.05) is 0 Å². The number of rotatable bonds is 2. The molecule has 4 nitrogen and oxygen atoms in total. The molecule has 1 aliphatic rings. The van der Waals surface area contributed by atoms with Crippen molar-refractivity contribution in [2.75, 3.05) is 0 Å². The van der Waals surface area contributed by atoms with E-state index in [4.69, 9.17) is 17.3 Å². The van der Waals surface area contributed by atoms with Crippen molar-refractivity contribution < 1.29 is 0 Å². The summed E-state index contributed by atoms with van der Waals surface area (Å²) in [5.74, 6) is 0. The molecule has 0 aromatic carbocycles. The summed E-state index contributed by atoms with van der Waals surface area (Å²) in [6, 6.07) is 0. The molecule has 0 aromatic heterocycles. The van der Waals surface area contributed by atoms with E-state index in [-0.39, 0.29) is 0 Å². The average molecular weight is 199 g/mol. The Morgan fingerprint density at radius 3 is 3.08 bits per heavy atom. The highest BCUT2D eigenvalue weighted by molar-refractivity contribution is 6.29.